The van der Waals surface area contributed by atoms with Gasteiger partial charge in [-0.1, -0.05) is 50.6 Å². The molecular formula is C16H23NO2. The first-order chi connectivity index (χ1) is 9.05. The SMILES string of the molecule is CCCC(NC1CC(C)(c2ccccc2)C1)C(=O)O. The van der Waals surface area contributed by atoms with Gasteiger partial charge in [-0.3, -0.25) is 4.79 Å². The number of hydrogen-bond donors (Lipinski definition) is 2. The minimum Gasteiger partial charge on any atom is -0.480 e. The summed E-state index contributed by atoms with van der Waals surface area (Å²) in [6, 6.07) is 10.4. The maximum atomic E-state index is 11.1. The van der Waals surface area contributed by atoms with Crippen molar-refractivity contribution in [1.82, 2.24) is 5.32 Å². The maximum Gasteiger partial charge on any atom is 0.320 e. The van der Waals surface area contributed by atoms with Gasteiger partial charge in [0.05, 0.1) is 0 Å². The van der Waals surface area contributed by atoms with Gasteiger partial charge in [-0.25, -0.2) is 0 Å². The van der Waals surface area contributed by atoms with Crippen molar-refractivity contribution in [1.29, 1.82) is 0 Å². The lowest BCUT2D eigenvalue weighted by Crippen LogP contribution is -2.54. The van der Waals surface area contributed by atoms with Crippen LogP contribution in [0.4, 0.5) is 0 Å². The predicted molar refractivity (Wildman–Crippen MR) is 76.3 cm³/mol. The third-order valence-electron chi connectivity index (χ3n) is 4.18. The second kappa shape index (κ2) is 5.74. The number of nitrogens with one attached hydrogen (secondary N) is 1. The summed E-state index contributed by atoms with van der Waals surface area (Å²) in [7, 11) is 0. The molecule has 1 unspecified atom stereocenters. The van der Waals surface area contributed by atoms with Crippen molar-refractivity contribution in [3.8, 4) is 0 Å². The Morgan fingerprint density at radius 1 is 1.42 bits per heavy atom. The summed E-state index contributed by atoms with van der Waals surface area (Å²) < 4.78 is 0. The minimum absolute atomic E-state index is 0.203. The zero-order valence-electron chi connectivity index (χ0n) is 11.7. The molecule has 0 bridgehead atoms. The van der Waals surface area contributed by atoms with Gasteiger partial charge in [0, 0.05) is 6.04 Å². The van der Waals surface area contributed by atoms with E-state index in [1.165, 1.54) is 5.56 Å². The Hall–Kier alpha value is -1.35. The molecule has 104 valence electrons. The number of benzene rings is 1. The molecule has 1 aliphatic rings. The molecule has 1 atom stereocenters. The molecule has 0 aromatic heterocycles. The fraction of sp³-hybridized carbons (Fsp3) is 0.562. The molecule has 0 heterocycles. The van der Waals surface area contributed by atoms with Crippen LogP contribution < -0.4 is 5.32 Å². The molecule has 1 aliphatic carbocycles. The summed E-state index contributed by atoms with van der Waals surface area (Å²) in [5, 5.41) is 12.4. The average Bonchev–Trinajstić information content (AvgIpc) is 2.36. The first-order valence-electron chi connectivity index (χ1n) is 7.09. The van der Waals surface area contributed by atoms with E-state index in [0.29, 0.717) is 12.5 Å². The lowest BCUT2D eigenvalue weighted by molar-refractivity contribution is -0.140. The Morgan fingerprint density at radius 2 is 2.05 bits per heavy atom. The lowest BCUT2D eigenvalue weighted by Gasteiger charge is -2.47. The number of aliphatic carboxylic acids is 1. The molecule has 1 fully saturated rings. The van der Waals surface area contributed by atoms with E-state index < -0.39 is 12.0 Å². The van der Waals surface area contributed by atoms with Crippen LogP contribution in [0, 0.1) is 0 Å². The average molecular weight is 261 g/mol. The van der Waals surface area contributed by atoms with Crippen molar-refractivity contribution in [2.24, 2.45) is 0 Å². The molecule has 2 rings (SSSR count). The highest BCUT2D eigenvalue weighted by Gasteiger charge is 2.42. The molecule has 1 saturated carbocycles. The van der Waals surface area contributed by atoms with Crippen molar-refractivity contribution >= 4 is 5.97 Å². The van der Waals surface area contributed by atoms with Gasteiger partial charge in [0.2, 0.25) is 0 Å². The number of carbonyl (C=O) groups is 1. The highest BCUT2D eigenvalue weighted by molar-refractivity contribution is 5.73. The van der Waals surface area contributed by atoms with E-state index in [2.05, 4.69) is 36.5 Å². The summed E-state index contributed by atoms with van der Waals surface area (Å²) in [6.07, 6.45) is 3.63. The van der Waals surface area contributed by atoms with Crippen LogP contribution in [0.5, 0.6) is 0 Å². The van der Waals surface area contributed by atoms with Gasteiger partial charge < -0.3 is 10.4 Å². The van der Waals surface area contributed by atoms with Crippen LogP contribution in [0.25, 0.3) is 0 Å². The quantitative estimate of drug-likeness (QED) is 0.827. The van der Waals surface area contributed by atoms with Crippen LogP contribution in [0.15, 0.2) is 30.3 Å². The summed E-state index contributed by atoms with van der Waals surface area (Å²) >= 11 is 0. The maximum absolute atomic E-state index is 11.1. The van der Waals surface area contributed by atoms with E-state index in [-0.39, 0.29) is 5.41 Å². The molecule has 0 aliphatic heterocycles. The van der Waals surface area contributed by atoms with Crippen LogP contribution in [0.1, 0.15) is 45.1 Å². The molecular weight excluding hydrogens is 238 g/mol. The third kappa shape index (κ3) is 3.16. The fourth-order valence-electron chi connectivity index (χ4n) is 3.07. The molecule has 0 saturated heterocycles. The topological polar surface area (TPSA) is 49.3 Å². The monoisotopic (exact) mass is 261 g/mol. The predicted octanol–water partition coefficient (Wildman–Crippen LogP) is 2.95. The van der Waals surface area contributed by atoms with E-state index in [0.717, 1.165) is 19.3 Å². The summed E-state index contributed by atoms with van der Waals surface area (Å²) in [4.78, 5) is 11.1. The first kappa shape index (κ1) is 14.1. The van der Waals surface area contributed by atoms with Crippen molar-refractivity contribution in [3.05, 3.63) is 35.9 Å². The zero-order chi connectivity index (χ0) is 13.9. The highest BCUT2D eigenvalue weighted by Crippen LogP contribution is 2.43. The second-order valence-corrected chi connectivity index (χ2v) is 5.88. The Kier molecular flexibility index (Phi) is 4.25. The Labute approximate surface area is 115 Å². The fourth-order valence-corrected chi connectivity index (χ4v) is 3.07. The molecule has 3 heteroatoms. The number of carboxylic acid groups (broad SMARTS) is 1. The van der Waals surface area contributed by atoms with Gasteiger partial charge in [-0.05, 0) is 30.2 Å². The van der Waals surface area contributed by atoms with E-state index in [1.807, 2.05) is 13.0 Å². The van der Waals surface area contributed by atoms with Crippen molar-refractivity contribution in [3.63, 3.8) is 0 Å². The molecule has 1 aromatic carbocycles. The van der Waals surface area contributed by atoms with Crippen LogP contribution in [-0.2, 0) is 10.2 Å². The lowest BCUT2D eigenvalue weighted by atomic mass is 9.63. The molecule has 3 nitrogen and oxygen atoms in total. The summed E-state index contributed by atoms with van der Waals surface area (Å²) in [5.74, 6) is -0.727. The van der Waals surface area contributed by atoms with E-state index in [9.17, 15) is 4.79 Å². The second-order valence-electron chi connectivity index (χ2n) is 5.88. The molecule has 0 spiro atoms. The van der Waals surface area contributed by atoms with Gasteiger partial charge in [0.25, 0.3) is 0 Å². The van der Waals surface area contributed by atoms with Gasteiger partial charge in [-0.15, -0.1) is 0 Å². The first-order valence-corrected chi connectivity index (χ1v) is 7.09. The third-order valence-corrected chi connectivity index (χ3v) is 4.18. The zero-order valence-corrected chi connectivity index (χ0v) is 11.7. The van der Waals surface area contributed by atoms with Crippen molar-refractivity contribution in [2.75, 3.05) is 0 Å². The number of hydrogen-bond acceptors (Lipinski definition) is 2. The van der Waals surface area contributed by atoms with Crippen LogP contribution in [-0.4, -0.2) is 23.2 Å². The van der Waals surface area contributed by atoms with E-state index in [1.54, 1.807) is 0 Å². The van der Waals surface area contributed by atoms with Gasteiger partial charge in [-0.2, -0.15) is 0 Å². The minimum atomic E-state index is -0.727. The molecule has 0 radical (unpaired) electrons. The number of rotatable bonds is 6. The van der Waals surface area contributed by atoms with Gasteiger partial charge in [0.15, 0.2) is 0 Å². The largest absolute Gasteiger partial charge is 0.480 e. The van der Waals surface area contributed by atoms with Crippen molar-refractivity contribution < 1.29 is 9.90 Å². The Balaban J connectivity index is 1.90. The standard InChI is InChI=1S/C16H23NO2/c1-3-7-14(15(18)19)17-13-10-16(2,11-13)12-8-5-4-6-9-12/h4-6,8-9,13-14,17H,3,7,10-11H2,1-2H3,(H,18,19). The van der Waals surface area contributed by atoms with Crippen LogP contribution in [0.3, 0.4) is 0 Å². The molecule has 2 N–H and O–H groups in total. The molecule has 1 aromatic rings. The summed E-state index contributed by atoms with van der Waals surface area (Å²) in [5.41, 5.74) is 1.56. The van der Waals surface area contributed by atoms with Gasteiger partial charge >= 0.3 is 5.97 Å². The van der Waals surface area contributed by atoms with E-state index in [4.69, 9.17) is 5.11 Å². The normalized spacial score (nSPS) is 27.6. The van der Waals surface area contributed by atoms with Crippen LogP contribution in [0.2, 0.25) is 0 Å². The van der Waals surface area contributed by atoms with E-state index >= 15 is 0 Å². The molecule has 0 amide bonds. The van der Waals surface area contributed by atoms with Gasteiger partial charge in [0.1, 0.15) is 6.04 Å². The van der Waals surface area contributed by atoms with Crippen molar-refractivity contribution in [2.45, 2.75) is 57.0 Å². The summed E-state index contributed by atoms with van der Waals surface area (Å²) in [6.45, 7) is 4.28. The highest BCUT2D eigenvalue weighted by atomic mass is 16.4. The number of carboxylic acids is 1. The Bertz CT molecular complexity index is 424. The Morgan fingerprint density at radius 3 is 2.58 bits per heavy atom. The molecule has 19 heavy (non-hydrogen) atoms. The smallest absolute Gasteiger partial charge is 0.320 e. The van der Waals surface area contributed by atoms with Crippen LogP contribution >= 0.6 is 0 Å².